The van der Waals surface area contributed by atoms with Gasteiger partial charge in [0.2, 0.25) is 5.91 Å². The molecule has 3 fully saturated rings. The highest BCUT2D eigenvalue weighted by Gasteiger charge is 2.42. The molecule has 2 unspecified atom stereocenters. The van der Waals surface area contributed by atoms with Crippen molar-refractivity contribution in [2.24, 2.45) is 0 Å². The minimum Gasteiger partial charge on any atom is -0.482 e. The first kappa shape index (κ1) is 23.3. The van der Waals surface area contributed by atoms with Crippen molar-refractivity contribution in [3.8, 4) is 0 Å². The van der Waals surface area contributed by atoms with Crippen LogP contribution in [0.2, 0.25) is 0 Å². The third kappa shape index (κ3) is 5.91. The average molecular weight is 506 g/mol. The van der Waals surface area contributed by atoms with Gasteiger partial charge in [-0.3, -0.25) is 14.5 Å². The molecule has 0 spiro atoms. The van der Waals surface area contributed by atoms with Crippen molar-refractivity contribution in [2.45, 2.75) is 44.2 Å². The average Bonchev–Trinajstić information content (AvgIpc) is 2.81. The third-order valence-corrected chi connectivity index (χ3v) is 7.12. The molecule has 2 heterocycles. The van der Waals surface area contributed by atoms with Crippen molar-refractivity contribution in [1.29, 1.82) is 0 Å². The molecule has 1 aromatic rings. The number of morpholine rings is 2. The van der Waals surface area contributed by atoms with E-state index in [0.717, 1.165) is 75.0 Å². The fraction of sp³-hybridized carbons (Fsp3) is 0.583. The summed E-state index contributed by atoms with van der Waals surface area (Å²) < 4.78 is 12.4. The van der Waals surface area contributed by atoms with E-state index in [-0.39, 0.29) is 30.5 Å². The van der Waals surface area contributed by atoms with Gasteiger partial charge in [-0.25, -0.2) is 0 Å². The zero-order valence-electron chi connectivity index (χ0n) is 18.4. The number of nitrogens with one attached hydrogen (secondary N) is 1. The molecule has 32 heavy (non-hydrogen) atoms. The second kappa shape index (κ2) is 11.3. The van der Waals surface area contributed by atoms with Crippen molar-refractivity contribution >= 4 is 33.8 Å². The summed E-state index contributed by atoms with van der Waals surface area (Å²) in [6, 6.07) is 7.70. The molecular weight excluding hydrogens is 474 g/mol. The number of halogens is 1. The summed E-state index contributed by atoms with van der Waals surface area (Å²) in [6.07, 6.45) is 6.54. The van der Waals surface area contributed by atoms with Crippen molar-refractivity contribution < 1.29 is 19.1 Å². The molecule has 8 heteroatoms. The van der Waals surface area contributed by atoms with Gasteiger partial charge in [0, 0.05) is 24.1 Å². The maximum Gasteiger partial charge on any atom is 0.289 e. The van der Waals surface area contributed by atoms with Gasteiger partial charge in [0.15, 0.2) is 5.76 Å². The SMILES string of the molecule is O=C(CN1C(=O)/C(=C\c2ccccc2Br)OC2CCCCC21)NCCCN1CCOCC1. The van der Waals surface area contributed by atoms with Gasteiger partial charge >= 0.3 is 0 Å². The molecule has 2 saturated heterocycles. The molecule has 7 nitrogen and oxygen atoms in total. The Labute approximate surface area is 198 Å². The highest BCUT2D eigenvalue weighted by atomic mass is 79.9. The van der Waals surface area contributed by atoms with E-state index in [9.17, 15) is 9.59 Å². The Bertz CT molecular complexity index is 840. The van der Waals surface area contributed by atoms with Gasteiger partial charge in [-0.1, -0.05) is 40.5 Å². The maximum atomic E-state index is 13.3. The zero-order chi connectivity index (χ0) is 22.3. The van der Waals surface area contributed by atoms with Crippen LogP contribution in [-0.4, -0.2) is 79.7 Å². The number of rotatable bonds is 7. The lowest BCUT2D eigenvalue weighted by molar-refractivity contribution is -0.151. The Kier molecular flexibility index (Phi) is 8.21. The van der Waals surface area contributed by atoms with E-state index in [2.05, 4.69) is 26.1 Å². The molecule has 2 aliphatic heterocycles. The van der Waals surface area contributed by atoms with Gasteiger partial charge in [0.25, 0.3) is 5.91 Å². The predicted molar refractivity (Wildman–Crippen MR) is 126 cm³/mol. The van der Waals surface area contributed by atoms with Gasteiger partial charge in [-0.05, 0) is 49.9 Å². The summed E-state index contributed by atoms with van der Waals surface area (Å²) in [5.41, 5.74) is 0.887. The largest absolute Gasteiger partial charge is 0.482 e. The summed E-state index contributed by atoms with van der Waals surface area (Å²) in [5, 5.41) is 3.00. The molecule has 1 aromatic carbocycles. The third-order valence-electron chi connectivity index (χ3n) is 6.40. The zero-order valence-corrected chi connectivity index (χ0v) is 20.0. The first-order valence-electron chi connectivity index (χ1n) is 11.6. The summed E-state index contributed by atoms with van der Waals surface area (Å²) in [4.78, 5) is 30.1. The molecule has 1 aliphatic carbocycles. The first-order chi connectivity index (χ1) is 15.6. The van der Waals surface area contributed by atoms with Crippen LogP contribution < -0.4 is 5.32 Å². The van der Waals surface area contributed by atoms with Gasteiger partial charge in [0.05, 0.1) is 19.3 Å². The van der Waals surface area contributed by atoms with E-state index in [4.69, 9.17) is 9.47 Å². The molecule has 1 saturated carbocycles. The summed E-state index contributed by atoms with van der Waals surface area (Å²) in [6.45, 7) is 5.10. The van der Waals surface area contributed by atoms with Gasteiger partial charge in [-0.2, -0.15) is 0 Å². The van der Waals surface area contributed by atoms with Gasteiger partial charge < -0.3 is 19.7 Å². The van der Waals surface area contributed by atoms with Crippen LogP contribution in [-0.2, 0) is 19.1 Å². The minimum absolute atomic E-state index is 0.0355. The molecule has 1 N–H and O–H groups in total. The Morgan fingerprint density at radius 2 is 1.97 bits per heavy atom. The Balaban J connectivity index is 1.37. The van der Waals surface area contributed by atoms with Gasteiger partial charge in [0.1, 0.15) is 12.6 Å². The van der Waals surface area contributed by atoms with E-state index in [1.807, 2.05) is 24.3 Å². The molecule has 4 rings (SSSR count). The van der Waals surface area contributed by atoms with Crippen molar-refractivity contribution in [2.75, 3.05) is 45.9 Å². The van der Waals surface area contributed by atoms with E-state index in [0.29, 0.717) is 12.3 Å². The van der Waals surface area contributed by atoms with E-state index < -0.39 is 0 Å². The number of hydrogen-bond acceptors (Lipinski definition) is 5. The van der Waals surface area contributed by atoms with Crippen LogP contribution in [0.3, 0.4) is 0 Å². The number of carbonyl (C=O) groups excluding carboxylic acids is 2. The van der Waals surface area contributed by atoms with Crippen LogP contribution in [0.1, 0.15) is 37.7 Å². The molecule has 2 amide bonds. The summed E-state index contributed by atoms with van der Waals surface area (Å²) in [7, 11) is 0. The molecule has 3 aliphatic rings. The van der Waals surface area contributed by atoms with Crippen LogP contribution >= 0.6 is 15.9 Å². The Morgan fingerprint density at radius 3 is 2.78 bits per heavy atom. The molecule has 2 atom stereocenters. The fourth-order valence-corrected chi connectivity index (χ4v) is 5.06. The van der Waals surface area contributed by atoms with Crippen LogP contribution in [0.5, 0.6) is 0 Å². The molecular formula is C24H32BrN3O4. The molecule has 174 valence electrons. The quantitative estimate of drug-likeness (QED) is 0.455. The van der Waals surface area contributed by atoms with E-state index >= 15 is 0 Å². The number of carbonyl (C=O) groups is 2. The monoisotopic (exact) mass is 505 g/mol. The lowest BCUT2D eigenvalue weighted by Crippen LogP contribution is -2.57. The lowest BCUT2D eigenvalue weighted by Gasteiger charge is -2.44. The predicted octanol–water partition coefficient (Wildman–Crippen LogP) is 2.80. The fourth-order valence-electron chi connectivity index (χ4n) is 4.66. The van der Waals surface area contributed by atoms with Crippen LogP contribution in [0.15, 0.2) is 34.5 Å². The summed E-state index contributed by atoms with van der Waals surface area (Å²) in [5.74, 6) is 0.0133. The summed E-state index contributed by atoms with van der Waals surface area (Å²) >= 11 is 3.53. The highest BCUT2D eigenvalue weighted by molar-refractivity contribution is 9.10. The number of amides is 2. The number of hydrogen-bond donors (Lipinski definition) is 1. The van der Waals surface area contributed by atoms with Gasteiger partial charge in [-0.15, -0.1) is 0 Å². The smallest absolute Gasteiger partial charge is 0.289 e. The van der Waals surface area contributed by atoms with Crippen LogP contribution in [0.4, 0.5) is 0 Å². The highest BCUT2D eigenvalue weighted by Crippen LogP contribution is 2.33. The lowest BCUT2D eigenvalue weighted by atomic mass is 9.89. The van der Waals surface area contributed by atoms with E-state index in [1.54, 1.807) is 11.0 Å². The molecule has 0 aromatic heterocycles. The number of ether oxygens (including phenoxy) is 2. The standard InChI is InChI=1S/C24H32BrN3O4/c25-19-7-2-1-6-18(19)16-22-24(30)28(20-8-3-4-9-21(20)32-22)17-23(29)26-10-5-11-27-12-14-31-15-13-27/h1-2,6-7,16,20-21H,3-5,8-15,17H2,(H,26,29)/b22-16+. The number of benzene rings is 1. The maximum absolute atomic E-state index is 13.3. The van der Waals surface area contributed by atoms with E-state index in [1.165, 1.54) is 0 Å². The molecule has 0 bridgehead atoms. The van der Waals surface area contributed by atoms with Crippen LogP contribution in [0.25, 0.3) is 6.08 Å². The Morgan fingerprint density at radius 1 is 1.19 bits per heavy atom. The van der Waals surface area contributed by atoms with Crippen LogP contribution in [0, 0.1) is 0 Å². The van der Waals surface area contributed by atoms with Crippen molar-refractivity contribution in [1.82, 2.24) is 15.1 Å². The Hall–Kier alpha value is -1.90. The normalized spacial score (nSPS) is 25.3. The minimum atomic E-state index is -0.202. The number of nitrogens with zero attached hydrogens (tertiary/aromatic N) is 2. The molecule has 0 radical (unpaired) electrons. The second-order valence-electron chi connectivity index (χ2n) is 8.63. The topological polar surface area (TPSA) is 71.1 Å². The first-order valence-corrected chi connectivity index (χ1v) is 12.4. The second-order valence-corrected chi connectivity index (χ2v) is 9.48. The number of fused-ring (bicyclic) bond motifs is 1. The van der Waals surface area contributed by atoms with Crippen molar-refractivity contribution in [3.63, 3.8) is 0 Å². The van der Waals surface area contributed by atoms with Crippen molar-refractivity contribution in [3.05, 3.63) is 40.1 Å².